The molecule has 6 heavy (non-hydrogen) atoms. The molecule has 0 heterocycles. The van der Waals surface area contributed by atoms with Crippen molar-refractivity contribution in [2.24, 2.45) is 0 Å². The first-order chi connectivity index (χ1) is 2.77. The van der Waals surface area contributed by atoms with Crippen molar-refractivity contribution in [3.63, 3.8) is 0 Å². The lowest BCUT2D eigenvalue weighted by molar-refractivity contribution is 1.99. The van der Waals surface area contributed by atoms with Crippen LogP contribution in [0, 0.1) is 0 Å². The molecule has 0 aromatic carbocycles. The highest BCUT2D eigenvalue weighted by Gasteiger charge is 1.91. The summed E-state index contributed by atoms with van der Waals surface area (Å²) in [6.45, 7) is 5.42. The normalized spacial score (nSPS) is 10.3. The van der Waals surface area contributed by atoms with E-state index in [-0.39, 0.29) is 0 Å². The molecule has 0 aromatic rings. The topological polar surface area (TPSA) is 0 Å². The Labute approximate surface area is 43.3 Å². The van der Waals surface area contributed by atoms with Crippen LogP contribution < -0.4 is 0 Å². The summed E-state index contributed by atoms with van der Waals surface area (Å²) >= 11 is 0. The SMILES string of the molecule is BB(C)CPC. The van der Waals surface area contributed by atoms with Crippen LogP contribution in [-0.2, 0) is 0 Å². The van der Waals surface area contributed by atoms with Crippen molar-refractivity contribution in [2.45, 2.75) is 6.82 Å². The van der Waals surface area contributed by atoms with Crippen LogP contribution in [0.15, 0.2) is 0 Å². The molecule has 1 atom stereocenters. The predicted molar refractivity (Wildman–Crippen MR) is 39.3 cm³/mol. The quantitative estimate of drug-likeness (QED) is 0.340. The molecule has 0 aliphatic rings. The third-order valence-corrected chi connectivity index (χ3v) is 1.84. The van der Waals surface area contributed by atoms with Crippen molar-refractivity contribution in [3.05, 3.63) is 0 Å². The van der Waals surface area contributed by atoms with Crippen LogP contribution in [0.5, 0.6) is 0 Å². The molecular weight excluding hydrogens is 88.6 g/mol. The van der Waals surface area contributed by atoms with Gasteiger partial charge in [-0.25, -0.2) is 0 Å². The average Bonchev–Trinajstić information content (AvgIpc) is 1.35. The summed E-state index contributed by atoms with van der Waals surface area (Å²) in [5, 5.41) is 0. The van der Waals surface area contributed by atoms with Gasteiger partial charge in [0.15, 0.2) is 0 Å². The maximum absolute atomic E-state index is 2.26. The van der Waals surface area contributed by atoms with E-state index in [2.05, 4.69) is 21.2 Å². The van der Waals surface area contributed by atoms with E-state index in [1.807, 2.05) is 0 Å². The third-order valence-electron chi connectivity index (χ3n) is 0.612. The smallest absolute Gasteiger partial charge is 0.102 e. The van der Waals surface area contributed by atoms with E-state index < -0.39 is 0 Å². The molecule has 1 unspecified atom stereocenters. The molecule has 0 aromatic heterocycles. The van der Waals surface area contributed by atoms with E-state index in [4.69, 9.17) is 0 Å². The van der Waals surface area contributed by atoms with Crippen molar-refractivity contribution >= 4 is 22.9 Å². The number of hydrogen-bond acceptors (Lipinski definition) is 0. The van der Waals surface area contributed by atoms with Gasteiger partial charge in [-0.3, -0.25) is 0 Å². The highest BCUT2D eigenvalue weighted by molar-refractivity contribution is 7.42. The second kappa shape index (κ2) is 3.74. The maximum Gasteiger partial charge on any atom is 0.102 e. The second-order valence-electron chi connectivity index (χ2n) is 1.95. The lowest BCUT2D eigenvalue weighted by atomic mass is 9.36. The zero-order chi connectivity index (χ0) is 4.99. The van der Waals surface area contributed by atoms with Crippen molar-refractivity contribution in [1.82, 2.24) is 0 Å². The molecule has 0 radical (unpaired) electrons. The van der Waals surface area contributed by atoms with E-state index in [1.165, 1.54) is 6.06 Å². The Balaban J connectivity index is 2.63. The van der Waals surface area contributed by atoms with E-state index in [0.29, 0.717) is 0 Å². The Bertz CT molecular complexity index is 30.0. The van der Waals surface area contributed by atoms with Crippen molar-refractivity contribution < 1.29 is 0 Å². The molecule has 0 bridgehead atoms. The van der Waals surface area contributed by atoms with Crippen molar-refractivity contribution in [1.29, 1.82) is 0 Å². The predicted octanol–water partition coefficient (Wildman–Crippen LogP) is 0.0883. The lowest BCUT2D eigenvalue weighted by Gasteiger charge is -1.91. The third kappa shape index (κ3) is 4.56. The van der Waals surface area contributed by atoms with Crippen LogP contribution in [-0.4, -0.2) is 27.1 Å². The van der Waals surface area contributed by atoms with Gasteiger partial charge in [-0.15, -0.1) is 8.58 Å². The van der Waals surface area contributed by atoms with E-state index in [9.17, 15) is 0 Å². The summed E-state index contributed by atoms with van der Waals surface area (Å²) < 4.78 is 0. The fourth-order valence-corrected chi connectivity index (χ4v) is 1.22. The van der Waals surface area contributed by atoms with Gasteiger partial charge in [-0.05, 0) is 6.66 Å². The van der Waals surface area contributed by atoms with Crippen LogP contribution >= 0.6 is 8.58 Å². The molecule has 0 amide bonds. The Hall–Kier alpha value is 0.560. The highest BCUT2D eigenvalue weighted by atomic mass is 31.1. The molecule has 0 rings (SSSR count). The summed E-state index contributed by atoms with van der Waals surface area (Å²) in [5.74, 6) is 0. The van der Waals surface area contributed by atoms with Gasteiger partial charge in [-0.2, -0.15) is 0 Å². The van der Waals surface area contributed by atoms with Gasteiger partial charge in [0, 0.05) is 0 Å². The van der Waals surface area contributed by atoms with Crippen molar-refractivity contribution in [2.75, 3.05) is 12.7 Å². The van der Waals surface area contributed by atoms with Gasteiger partial charge in [0.25, 0.3) is 0 Å². The van der Waals surface area contributed by atoms with Gasteiger partial charge in [-0.1, -0.05) is 12.9 Å². The molecule has 0 spiro atoms. The van der Waals surface area contributed by atoms with Crippen LogP contribution in [0.1, 0.15) is 0 Å². The Morgan fingerprint density at radius 1 is 1.83 bits per heavy atom. The first-order valence-electron chi connectivity index (χ1n) is 2.42. The minimum Gasteiger partial charge on any atom is -0.133 e. The molecule has 3 heteroatoms. The molecule has 0 saturated heterocycles. The Morgan fingerprint density at radius 2 is 2.33 bits per heavy atom. The standard InChI is InChI=1S/C3H11B2P/c1-5(4)3-6-2/h6H,3-4H2,1-2H3. The van der Waals surface area contributed by atoms with Gasteiger partial charge >= 0.3 is 0 Å². The summed E-state index contributed by atoms with van der Waals surface area (Å²) in [7, 11) is 3.40. The van der Waals surface area contributed by atoms with E-state index in [1.54, 1.807) is 0 Å². The fourth-order valence-electron chi connectivity index (χ4n) is 0.408. The largest absolute Gasteiger partial charge is 0.133 e. The molecule has 0 fully saturated rings. The molecular formula is C3H11B2P. The number of rotatable bonds is 2. The van der Waals surface area contributed by atoms with Crippen LogP contribution in [0.4, 0.5) is 0 Å². The zero-order valence-electron chi connectivity index (χ0n) is 4.78. The average molecular weight is 99.7 g/mol. The molecule has 0 saturated carbocycles. The van der Waals surface area contributed by atoms with Crippen molar-refractivity contribution in [3.8, 4) is 0 Å². The van der Waals surface area contributed by atoms with E-state index >= 15 is 0 Å². The molecule has 34 valence electrons. The maximum atomic E-state index is 2.26. The lowest BCUT2D eigenvalue weighted by Crippen LogP contribution is -2.08. The summed E-state index contributed by atoms with van der Waals surface area (Å²) in [6, 6.07) is 1.40. The van der Waals surface area contributed by atoms with Crippen LogP contribution in [0.25, 0.3) is 0 Å². The minimum absolute atomic E-state index is 0.910. The van der Waals surface area contributed by atoms with Crippen LogP contribution in [0.2, 0.25) is 6.82 Å². The zero-order valence-corrected chi connectivity index (χ0v) is 5.78. The first-order valence-corrected chi connectivity index (χ1v) is 4.12. The number of hydrogen-bond donors (Lipinski definition) is 0. The summed E-state index contributed by atoms with van der Waals surface area (Å²) in [5.41, 5.74) is 0. The van der Waals surface area contributed by atoms with Gasteiger partial charge in [0.05, 0.1) is 7.74 Å². The summed E-state index contributed by atoms with van der Waals surface area (Å²) in [4.78, 5) is 0. The van der Waals surface area contributed by atoms with Gasteiger partial charge in [0.1, 0.15) is 6.60 Å². The monoisotopic (exact) mass is 100 g/mol. The molecule has 0 aliphatic heterocycles. The van der Waals surface area contributed by atoms with E-state index in [0.717, 1.165) is 15.2 Å². The molecule has 0 nitrogen and oxygen atoms in total. The highest BCUT2D eigenvalue weighted by Crippen LogP contribution is 2.00. The van der Waals surface area contributed by atoms with Gasteiger partial charge < -0.3 is 0 Å². The second-order valence-corrected chi connectivity index (χ2v) is 3.07. The van der Waals surface area contributed by atoms with Crippen LogP contribution in [0.3, 0.4) is 0 Å². The Kier molecular flexibility index (Phi) is 4.09. The van der Waals surface area contributed by atoms with Gasteiger partial charge in [0.2, 0.25) is 0 Å². The molecule has 0 aliphatic carbocycles. The molecule has 0 N–H and O–H groups in total. The summed E-state index contributed by atoms with van der Waals surface area (Å²) in [6.07, 6.45) is 0. The minimum atomic E-state index is 0.910. The fraction of sp³-hybridized carbons (Fsp3) is 1.00. The first kappa shape index (κ1) is 6.56. The Morgan fingerprint density at radius 3 is 2.33 bits per heavy atom.